The largest absolute Gasteiger partial charge is 0.462 e. The van der Waals surface area contributed by atoms with Gasteiger partial charge in [0.15, 0.2) is 0 Å². The van der Waals surface area contributed by atoms with E-state index >= 15 is 0 Å². The van der Waals surface area contributed by atoms with Gasteiger partial charge in [-0.15, -0.1) is 0 Å². The van der Waals surface area contributed by atoms with Crippen LogP contribution in [0.3, 0.4) is 0 Å². The van der Waals surface area contributed by atoms with E-state index in [0.29, 0.717) is 27.4 Å². The van der Waals surface area contributed by atoms with E-state index in [1.165, 1.54) is 12.1 Å². The molecule has 0 amide bonds. The summed E-state index contributed by atoms with van der Waals surface area (Å²) in [5.74, 6) is -0.586. The molecular formula is C21H22ClF3N2O2. The van der Waals surface area contributed by atoms with Crippen molar-refractivity contribution >= 4 is 29.6 Å². The summed E-state index contributed by atoms with van der Waals surface area (Å²) in [5, 5.41) is 0.307. The average molecular weight is 427 g/mol. The van der Waals surface area contributed by atoms with Crippen LogP contribution in [0.25, 0.3) is 0 Å². The molecule has 2 rings (SSSR count). The van der Waals surface area contributed by atoms with Crippen LogP contribution in [0.2, 0.25) is 5.02 Å². The molecule has 0 bridgehead atoms. The lowest BCUT2D eigenvalue weighted by Gasteiger charge is -2.11. The van der Waals surface area contributed by atoms with E-state index in [0.717, 1.165) is 18.7 Å². The maximum atomic E-state index is 12.8. The summed E-state index contributed by atoms with van der Waals surface area (Å²) in [4.78, 5) is 18.5. The van der Waals surface area contributed by atoms with Crippen molar-refractivity contribution in [2.75, 3.05) is 20.2 Å². The number of nitrogens with zero attached hydrogens (tertiary/aromatic N) is 2. The molecule has 0 aliphatic carbocycles. The van der Waals surface area contributed by atoms with Crippen molar-refractivity contribution < 1.29 is 22.7 Å². The van der Waals surface area contributed by atoms with Gasteiger partial charge in [-0.1, -0.05) is 29.8 Å². The molecule has 2 aromatic rings. The van der Waals surface area contributed by atoms with Crippen molar-refractivity contribution in [1.82, 2.24) is 4.90 Å². The second kappa shape index (κ2) is 9.78. The number of hydrogen-bond donors (Lipinski definition) is 0. The van der Waals surface area contributed by atoms with Crippen molar-refractivity contribution in [2.24, 2.45) is 4.99 Å². The number of halogens is 4. The first-order chi connectivity index (χ1) is 13.6. The molecular weight excluding hydrogens is 405 g/mol. The molecule has 0 aliphatic heterocycles. The zero-order valence-electron chi connectivity index (χ0n) is 16.4. The third kappa shape index (κ3) is 6.49. The van der Waals surface area contributed by atoms with Gasteiger partial charge in [-0.25, -0.2) is 9.79 Å². The molecule has 0 saturated heterocycles. The summed E-state index contributed by atoms with van der Waals surface area (Å²) in [6.07, 6.45) is -2.58. The van der Waals surface area contributed by atoms with E-state index in [1.54, 1.807) is 25.4 Å². The van der Waals surface area contributed by atoms with Gasteiger partial charge < -0.3 is 9.64 Å². The van der Waals surface area contributed by atoms with Crippen LogP contribution in [-0.2, 0) is 17.3 Å². The van der Waals surface area contributed by atoms with Crippen molar-refractivity contribution in [3.8, 4) is 0 Å². The Morgan fingerprint density at radius 2 is 2.00 bits per heavy atom. The number of hydrogen-bond acceptors (Lipinski definition) is 3. The lowest BCUT2D eigenvalue weighted by molar-refractivity contribution is -0.137. The minimum Gasteiger partial charge on any atom is -0.462 e. The van der Waals surface area contributed by atoms with E-state index in [4.69, 9.17) is 16.3 Å². The maximum Gasteiger partial charge on any atom is 0.416 e. The van der Waals surface area contributed by atoms with Gasteiger partial charge in [0, 0.05) is 20.0 Å². The molecule has 0 aromatic heterocycles. The molecule has 0 aliphatic rings. The second-order valence-electron chi connectivity index (χ2n) is 6.52. The fourth-order valence-electron chi connectivity index (χ4n) is 2.47. The SMILES string of the molecule is CCN(C)/C=N/c1cc(C)c(C(=O)OCCc2cccc(C(F)(F)F)c2)cc1Cl. The topological polar surface area (TPSA) is 41.9 Å². The van der Waals surface area contributed by atoms with Crippen LogP contribution in [-0.4, -0.2) is 37.4 Å². The molecule has 0 spiro atoms. The fraction of sp³-hybridized carbons (Fsp3) is 0.333. The average Bonchev–Trinajstić information content (AvgIpc) is 2.67. The summed E-state index contributed by atoms with van der Waals surface area (Å²) in [6.45, 7) is 4.47. The number of rotatable bonds is 7. The van der Waals surface area contributed by atoms with E-state index in [2.05, 4.69) is 4.99 Å². The molecule has 4 nitrogen and oxygen atoms in total. The fourth-order valence-corrected chi connectivity index (χ4v) is 2.68. The van der Waals surface area contributed by atoms with Gasteiger partial charge in [0.2, 0.25) is 0 Å². The van der Waals surface area contributed by atoms with Gasteiger partial charge in [0.1, 0.15) is 0 Å². The summed E-state index contributed by atoms with van der Waals surface area (Å²) in [5.41, 5.74) is 1.18. The molecule has 0 unspecified atom stereocenters. The summed E-state index contributed by atoms with van der Waals surface area (Å²) < 4.78 is 43.5. The van der Waals surface area contributed by atoms with Gasteiger partial charge in [0.05, 0.1) is 34.8 Å². The van der Waals surface area contributed by atoms with Crippen LogP contribution >= 0.6 is 11.6 Å². The number of ether oxygens (including phenoxy) is 1. The predicted octanol–water partition coefficient (Wildman–Crippen LogP) is 5.68. The molecule has 0 radical (unpaired) electrons. The first-order valence-corrected chi connectivity index (χ1v) is 9.37. The Balaban J connectivity index is 2.02. The van der Waals surface area contributed by atoms with Crippen LogP contribution in [0.4, 0.5) is 18.9 Å². The first kappa shape index (κ1) is 22.7. The third-order valence-corrected chi connectivity index (χ3v) is 4.59. The zero-order valence-corrected chi connectivity index (χ0v) is 17.1. The first-order valence-electron chi connectivity index (χ1n) is 8.99. The van der Waals surface area contributed by atoms with Gasteiger partial charge >= 0.3 is 12.1 Å². The minimum atomic E-state index is -4.41. The van der Waals surface area contributed by atoms with E-state index < -0.39 is 17.7 Å². The number of carbonyl (C=O) groups excluding carboxylic acids is 1. The Morgan fingerprint density at radius 3 is 2.66 bits per heavy atom. The Bertz CT molecular complexity index is 898. The molecule has 2 aromatic carbocycles. The van der Waals surface area contributed by atoms with Crippen LogP contribution in [0, 0.1) is 6.92 Å². The Kier molecular flexibility index (Phi) is 7.67. The van der Waals surface area contributed by atoms with E-state index in [9.17, 15) is 18.0 Å². The number of esters is 1. The van der Waals surface area contributed by atoms with Gasteiger partial charge in [-0.2, -0.15) is 13.2 Å². The summed E-state index contributed by atoms with van der Waals surface area (Å²) in [7, 11) is 1.88. The van der Waals surface area contributed by atoms with E-state index in [1.807, 2.05) is 18.9 Å². The number of aliphatic imine (C=N–C) groups is 1. The lowest BCUT2D eigenvalue weighted by Crippen LogP contribution is -2.14. The highest BCUT2D eigenvalue weighted by Crippen LogP contribution is 2.30. The quantitative estimate of drug-likeness (QED) is 0.325. The molecule has 0 heterocycles. The van der Waals surface area contributed by atoms with Crippen molar-refractivity contribution in [3.63, 3.8) is 0 Å². The summed E-state index contributed by atoms with van der Waals surface area (Å²) in [6, 6.07) is 8.12. The molecule has 156 valence electrons. The predicted molar refractivity (Wildman–Crippen MR) is 108 cm³/mol. The highest BCUT2D eigenvalue weighted by atomic mass is 35.5. The van der Waals surface area contributed by atoms with E-state index in [-0.39, 0.29) is 13.0 Å². The normalized spacial score (nSPS) is 11.7. The lowest BCUT2D eigenvalue weighted by atomic mass is 10.1. The zero-order chi connectivity index (χ0) is 21.6. The highest BCUT2D eigenvalue weighted by Gasteiger charge is 2.30. The number of carbonyl (C=O) groups is 1. The van der Waals surface area contributed by atoms with Crippen molar-refractivity contribution in [1.29, 1.82) is 0 Å². The monoisotopic (exact) mass is 426 g/mol. The Labute approximate surface area is 173 Å². The Morgan fingerprint density at radius 1 is 1.28 bits per heavy atom. The molecule has 8 heteroatoms. The number of alkyl halides is 3. The summed E-state index contributed by atoms with van der Waals surface area (Å²) >= 11 is 6.22. The molecule has 29 heavy (non-hydrogen) atoms. The van der Waals surface area contributed by atoms with Gasteiger partial charge in [0.25, 0.3) is 0 Å². The van der Waals surface area contributed by atoms with Crippen LogP contribution in [0.5, 0.6) is 0 Å². The van der Waals surface area contributed by atoms with Crippen LogP contribution < -0.4 is 0 Å². The van der Waals surface area contributed by atoms with Crippen LogP contribution in [0.1, 0.15) is 34.0 Å². The highest BCUT2D eigenvalue weighted by molar-refractivity contribution is 6.33. The standard InChI is InChI=1S/C21H22ClF3N2O2/c1-4-27(3)13-26-19-10-14(2)17(12-18(19)22)20(28)29-9-8-15-6-5-7-16(11-15)21(23,24)25/h5-7,10-13H,4,8-9H2,1-3H3/b26-13+. The molecule has 0 N–H and O–H groups in total. The van der Waals surface area contributed by atoms with Gasteiger partial charge in [-0.05, 0) is 43.2 Å². The third-order valence-electron chi connectivity index (χ3n) is 4.28. The maximum absolute atomic E-state index is 12.8. The number of aryl methyl sites for hydroxylation is 1. The molecule has 0 saturated carbocycles. The molecule has 0 atom stereocenters. The second-order valence-corrected chi connectivity index (χ2v) is 6.93. The Hall–Kier alpha value is -2.54. The minimum absolute atomic E-state index is 0.0433. The van der Waals surface area contributed by atoms with Crippen LogP contribution in [0.15, 0.2) is 41.4 Å². The van der Waals surface area contributed by atoms with Crippen molar-refractivity contribution in [3.05, 3.63) is 63.7 Å². The van der Waals surface area contributed by atoms with Crippen molar-refractivity contribution in [2.45, 2.75) is 26.4 Å². The molecule has 0 fully saturated rings. The smallest absolute Gasteiger partial charge is 0.416 e. The van der Waals surface area contributed by atoms with Gasteiger partial charge in [-0.3, -0.25) is 0 Å². The number of benzene rings is 2.